The van der Waals surface area contributed by atoms with Gasteiger partial charge in [-0.1, -0.05) is 15.9 Å². The van der Waals surface area contributed by atoms with Gasteiger partial charge in [-0.05, 0) is 25.1 Å². The van der Waals surface area contributed by atoms with E-state index >= 15 is 0 Å². The van der Waals surface area contributed by atoms with Gasteiger partial charge < -0.3 is 10.1 Å². The van der Waals surface area contributed by atoms with Crippen LogP contribution in [-0.4, -0.2) is 16.4 Å². The van der Waals surface area contributed by atoms with E-state index in [0.29, 0.717) is 18.7 Å². The summed E-state index contributed by atoms with van der Waals surface area (Å²) in [5.41, 5.74) is 2.69. The molecule has 0 spiro atoms. The minimum absolute atomic E-state index is 0.184. The molecule has 0 fully saturated rings. The number of aromatic nitrogens is 2. The SMILES string of the molecule is Cc1nn(C)cc1CNCc1cc(Br)ccc1OC(F)F. The molecular weight excluding hydrogens is 344 g/mol. The summed E-state index contributed by atoms with van der Waals surface area (Å²) in [4.78, 5) is 0. The van der Waals surface area contributed by atoms with E-state index < -0.39 is 6.61 Å². The maximum Gasteiger partial charge on any atom is 0.387 e. The van der Waals surface area contributed by atoms with Crippen molar-refractivity contribution in [1.82, 2.24) is 15.1 Å². The first-order valence-electron chi connectivity index (χ1n) is 6.39. The topological polar surface area (TPSA) is 39.1 Å². The molecule has 2 rings (SSSR count). The standard InChI is InChI=1S/C14H16BrF2N3O/c1-9-11(8-20(2)19-9)7-18-6-10-5-12(15)3-4-13(10)21-14(16)17/h3-5,8,14,18H,6-7H2,1-2H3. The highest BCUT2D eigenvalue weighted by Crippen LogP contribution is 2.24. The largest absolute Gasteiger partial charge is 0.434 e. The number of ether oxygens (including phenoxy) is 1. The predicted molar refractivity (Wildman–Crippen MR) is 79.3 cm³/mol. The molecule has 0 amide bonds. The number of benzene rings is 1. The van der Waals surface area contributed by atoms with Crippen LogP contribution in [0.25, 0.3) is 0 Å². The van der Waals surface area contributed by atoms with Gasteiger partial charge in [0.2, 0.25) is 0 Å². The Morgan fingerprint density at radius 3 is 2.67 bits per heavy atom. The summed E-state index contributed by atoms with van der Waals surface area (Å²) >= 11 is 3.33. The maximum atomic E-state index is 12.4. The number of nitrogens with zero attached hydrogens (tertiary/aromatic N) is 2. The van der Waals surface area contributed by atoms with Gasteiger partial charge in [-0.15, -0.1) is 0 Å². The highest BCUT2D eigenvalue weighted by Gasteiger charge is 2.10. The van der Waals surface area contributed by atoms with E-state index in [2.05, 4.69) is 31.1 Å². The van der Waals surface area contributed by atoms with Crippen LogP contribution < -0.4 is 10.1 Å². The predicted octanol–water partition coefficient (Wildman–Crippen LogP) is 3.38. The number of hydrogen-bond acceptors (Lipinski definition) is 3. The Hall–Kier alpha value is -1.47. The van der Waals surface area contributed by atoms with Gasteiger partial charge in [0.25, 0.3) is 0 Å². The summed E-state index contributed by atoms with van der Waals surface area (Å²) in [5.74, 6) is 0.184. The van der Waals surface area contributed by atoms with Gasteiger partial charge in [0, 0.05) is 41.9 Å². The zero-order valence-corrected chi connectivity index (χ0v) is 13.3. The van der Waals surface area contributed by atoms with Gasteiger partial charge in [-0.25, -0.2) is 0 Å². The third kappa shape index (κ3) is 4.50. The van der Waals surface area contributed by atoms with Crippen molar-refractivity contribution in [1.29, 1.82) is 0 Å². The Morgan fingerprint density at radius 2 is 2.05 bits per heavy atom. The van der Waals surface area contributed by atoms with E-state index in [1.807, 2.05) is 20.2 Å². The van der Waals surface area contributed by atoms with E-state index in [4.69, 9.17) is 0 Å². The highest BCUT2D eigenvalue weighted by molar-refractivity contribution is 9.10. The monoisotopic (exact) mass is 359 g/mol. The molecule has 1 N–H and O–H groups in total. The number of hydrogen-bond donors (Lipinski definition) is 1. The van der Waals surface area contributed by atoms with E-state index in [0.717, 1.165) is 15.7 Å². The van der Waals surface area contributed by atoms with Crippen molar-refractivity contribution in [3.05, 3.63) is 45.7 Å². The van der Waals surface area contributed by atoms with Crippen LogP contribution in [0.1, 0.15) is 16.8 Å². The van der Waals surface area contributed by atoms with Crippen LogP contribution in [0.4, 0.5) is 8.78 Å². The first-order chi connectivity index (χ1) is 9.95. The lowest BCUT2D eigenvalue weighted by atomic mass is 10.2. The molecule has 21 heavy (non-hydrogen) atoms. The van der Waals surface area contributed by atoms with Crippen molar-refractivity contribution in [2.75, 3.05) is 0 Å². The molecule has 0 aliphatic heterocycles. The third-order valence-electron chi connectivity index (χ3n) is 2.98. The number of alkyl halides is 2. The molecule has 0 atom stereocenters. The summed E-state index contributed by atoms with van der Waals surface area (Å²) in [6, 6.07) is 4.97. The van der Waals surface area contributed by atoms with Crippen LogP contribution in [0.5, 0.6) is 5.75 Å². The van der Waals surface area contributed by atoms with Crippen molar-refractivity contribution in [3.8, 4) is 5.75 Å². The van der Waals surface area contributed by atoms with Crippen LogP contribution in [-0.2, 0) is 20.1 Å². The van der Waals surface area contributed by atoms with Crippen molar-refractivity contribution >= 4 is 15.9 Å². The molecule has 1 aromatic carbocycles. The Kier molecular flexibility index (Phi) is 5.30. The van der Waals surface area contributed by atoms with Gasteiger partial charge in [-0.3, -0.25) is 4.68 Å². The molecule has 0 saturated carbocycles. The second kappa shape index (κ2) is 7.00. The molecule has 0 aliphatic rings. The first-order valence-corrected chi connectivity index (χ1v) is 7.18. The number of aryl methyl sites for hydroxylation is 2. The minimum Gasteiger partial charge on any atom is -0.434 e. The maximum absolute atomic E-state index is 12.4. The zero-order valence-electron chi connectivity index (χ0n) is 11.7. The number of halogens is 3. The molecule has 114 valence electrons. The van der Waals surface area contributed by atoms with E-state index in [-0.39, 0.29) is 5.75 Å². The Morgan fingerprint density at radius 1 is 1.33 bits per heavy atom. The highest BCUT2D eigenvalue weighted by atomic mass is 79.9. The second-order valence-electron chi connectivity index (χ2n) is 4.65. The third-order valence-corrected chi connectivity index (χ3v) is 3.48. The fourth-order valence-electron chi connectivity index (χ4n) is 2.05. The lowest BCUT2D eigenvalue weighted by Gasteiger charge is -2.12. The molecule has 1 aromatic heterocycles. The molecular formula is C14H16BrF2N3O. The molecule has 0 radical (unpaired) electrons. The van der Waals surface area contributed by atoms with Crippen molar-refractivity contribution in [3.63, 3.8) is 0 Å². The molecule has 0 aliphatic carbocycles. The van der Waals surface area contributed by atoms with Gasteiger partial charge in [0.1, 0.15) is 5.75 Å². The molecule has 0 bridgehead atoms. The van der Waals surface area contributed by atoms with Crippen LogP contribution in [0.3, 0.4) is 0 Å². The average Bonchev–Trinajstić information content (AvgIpc) is 2.71. The van der Waals surface area contributed by atoms with E-state index in [1.54, 1.807) is 16.8 Å². The van der Waals surface area contributed by atoms with Gasteiger partial charge in [0.15, 0.2) is 0 Å². The van der Waals surface area contributed by atoms with Crippen molar-refractivity contribution < 1.29 is 13.5 Å². The van der Waals surface area contributed by atoms with E-state index in [9.17, 15) is 8.78 Å². The summed E-state index contributed by atoms with van der Waals surface area (Å²) < 4.78 is 31.8. The van der Waals surface area contributed by atoms with Crippen molar-refractivity contribution in [2.45, 2.75) is 26.6 Å². The fraction of sp³-hybridized carbons (Fsp3) is 0.357. The molecule has 2 aromatic rings. The van der Waals surface area contributed by atoms with E-state index in [1.165, 1.54) is 6.07 Å². The quantitative estimate of drug-likeness (QED) is 0.859. The van der Waals surface area contributed by atoms with Crippen LogP contribution in [0, 0.1) is 6.92 Å². The molecule has 1 heterocycles. The van der Waals surface area contributed by atoms with Gasteiger partial charge >= 0.3 is 6.61 Å². The zero-order chi connectivity index (χ0) is 15.4. The lowest BCUT2D eigenvalue weighted by Crippen LogP contribution is -2.15. The Labute approximate surface area is 130 Å². The normalized spacial score (nSPS) is 11.1. The first kappa shape index (κ1) is 15.9. The molecule has 0 saturated heterocycles. The minimum atomic E-state index is -2.83. The van der Waals surface area contributed by atoms with Crippen molar-refractivity contribution in [2.24, 2.45) is 7.05 Å². The summed E-state index contributed by atoms with van der Waals surface area (Å²) in [5, 5.41) is 7.47. The molecule has 0 unspecified atom stereocenters. The van der Waals surface area contributed by atoms with Crippen LogP contribution >= 0.6 is 15.9 Å². The second-order valence-corrected chi connectivity index (χ2v) is 5.56. The summed E-state index contributed by atoms with van der Waals surface area (Å²) in [7, 11) is 1.86. The smallest absolute Gasteiger partial charge is 0.387 e. The molecule has 4 nitrogen and oxygen atoms in total. The summed E-state index contributed by atoms with van der Waals surface area (Å²) in [6.45, 7) is 0.142. The Bertz CT molecular complexity index is 616. The van der Waals surface area contributed by atoms with Crippen LogP contribution in [0.2, 0.25) is 0 Å². The lowest BCUT2D eigenvalue weighted by molar-refractivity contribution is -0.0505. The Balaban J connectivity index is 2.02. The number of nitrogens with one attached hydrogen (secondary N) is 1. The van der Waals surface area contributed by atoms with Crippen LogP contribution in [0.15, 0.2) is 28.9 Å². The van der Waals surface area contributed by atoms with Gasteiger partial charge in [0.05, 0.1) is 5.69 Å². The fourth-order valence-corrected chi connectivity index (χ4v) is 2.46. The number of rotatable bonds is 6. The molecule has 7 heteroatoms. The summed E-state index contributed by atoms with van der Waals surface area (Å²) in [6.07, 6.45) is 1.93. The van der Waals surface area contributed by atoms with Gasteiger partial charge in [-0.2, -0.15) is 13.9 Å². The average molecular weight is 360 g/mol.